The first-order chi connectivity index (χ1) is 34.2. The summed E-state index contributed by atoms with van der Waals surface area (Å²) in [5.41, 5.74) is 41.9. The highest BCUT2D eigenvalue weighted by atomic mass is 32.2. The number of nitrogens with two attached hydrogens (primary N) is 6. The summed E-state index contributed by atoms with van der Waals surface area (Å²) in [6, 6.07) is 32.5. The molecule has 0 unspecified atom stereocenters. The molecule has 6 rings (SSSR count). The number of amides is 2. The summed E-state index contributed by atoms with van der Waals surface area (Å²) >= 11 is 1.22. The fourth-order valence-corrected chi connectivity index (χ4v) is 10.0. The number of aryl methyl sites for hydroxylation is 2. The normalized spacial score (nSPS) is 16.0. The van der Waals surface area contributed by atoms with E-state index in [9.17, 15) is 13.2 Å². The highest BCUT2D eigenvalue weighted by Gasteiger charge is 2.46. The summed E-state index contributed by atoms with van der Waals surface area (Å²) in [5.74, 6) is -4.53. The molecule has 2 aliphatic rings. The van der Waals surface area contributed by atoms with Crippen LogP contribution in [-0.4, -0.2) is 76.9 Å². The Morgan fingerprint density at radius 1 is 0.597 bits per heavy atom. The van der Waals surface area contributed by atoms with Crippen LogP contribution in [0.2, 0.25) is 0 Å². The van der Waals surface area contributed by atoms with E-state index in [2.05, 4.69) is 0 Å². The Morgan fingerprint density at radius 3 is 1.25 bits per heavy atom. The number of allylic oxidation sites excluding steroid dienone is 2. The molecular formula is C54H67F3N8O6S. The number of thioether (sulfide) groups is 1. The summed E-state index contributed by atoms with van der Waals surface area (Å²) in [5, 5.41) is 7.12. The van der Waals surface area contributed by atoms with Gasteiger partial charge in [-0.3, -0.25) is 29.0 Å². The van der Waals surface area contributed by atoms with Crippen LogP contribution in [0.4, 0.5) is 24.5 Å². The molecule has 0 radical (unpaired) electrons. The molecule has 13 N–H and O–H groups in total. The molecule has 0 aromatic heterocycles. The molecule has 4 aromatic rings. The van der Waals surface area contributed by atoms with Crippen LogP contribution in [0.25, 0.3) is 0 Å². The largest absolute Gasteiger partial charge is 0.490 e. The second-order valence-corrected chi connectivity index (χ2v) is 19.3. The summed E-state index contributed by atoms with van der Waals surface area (Å²) in [6.45, 7) is 4.37. The van der Waals surface area contributed by atoms with E-state index in [1.165, 1.54) is 21.6 Å². The lowest BCUT2D eigenvalue weighted by molar-refractivity contribution is -0.192. The fraction of sp³-hybridized carbons (Fsp3) is 0.389. The molecule has 0 aliphatic carbocycles. The minimum atomic E-state index is -5.08. The molecule has 2 heterocycles. The van der Waals surface area contributed by atoms with Crippen molar-refractivity contribution in [2.45, 2.75) is 120 Å². The fourth-order valence-electron chi connectivity index (χ4n) is 8.69. The number of ketones is 2. The predicted molar refractivity (Wildman–Crippen MR) is 277 cm³/mol. The number of para-hydroxylation sites is 2. The van der Waals surface area contributed by atoms with Crippen molar-refractivity contribution in [3.05, 3.63) is 153 Å². The zero-order valence-corrected chi connectivity index (χ0v) is 41.7. The number of anilines is 2. The lowest BCUT2D eigenvalue weighted by Crippen LogP contribution is -2.57. The second-order valence-electron chi connectivity index (χ2n) is 18.1. The molecule has 72 heavy (non-hydrogen) atoms. The molecule has 4 atom stereocenters. The van der Waals surface area contributed by atoms with Gasteiger partial charge < -0.3 is 39.5 Å². The molecule has 4 aromatic carbocycles. The lowest BCUT2D eigenvalue weighted by atomic mass is 9.87. The molecule has 0 bridgehead atoms. The summed E-state index contributed by atoms with van der Waals surface area (Å²) in [6.07, 6.45) is -0.798. The molecule has 2 aliphatic heterocycles. The number of rotatable bonds is 22. The van der Waals surface area contributed by atoms with Gasteiger partial charge in [0.2, 0.25) is 0 Å². The number of alkyl halides is 3. The highest BCUT2D eigenvalue weighted by Crippen LogP contribution is 2.47. The number of hydrogen-bond acceptors (Lipinski definition) is 12. The van der Waals surface area contributed by atoms with Gasteiger partial charge in [0.1, 0.15) is 11.4 Å². The Kier molecular flexibility index (Phi) is 20.2. The Balaban J connectivity index is 0.00000128. The topological polar surface area (TPSA) is 268 Å². The van der Waals surface area contributed by atoms with E-state index >= 15 is 19.2 Å². The first kappa shape index (κ1) is 56.9. The molecule has 0 fully saturated rings. The maximum absolute atomic E-state index is 15.3. The van der Waals surface area contributed by atoms with E-state index in [1.54, 1.807) is 0 Å². The van der Waals surface area contributed by atoms with Gasteiger partial charge in [0.25, 0.3) is 11.8 Å². The number of Topliss-reactive ketones (excluding diaryl/α,β-unsaturated/α-hetero) is 2. The maximum Gasteiger partial charge on any atom is 0.490 e. The Morgan fingerprint density at radius 2 is 0.931 bits per heavy atom. The quantitative estimate of drug-likeness (QED) is 0.0432. The number of halogens is 3. The second kappa shape index (κ2) is 25.6. The van der Waals surface area contributed by atoms with Crippen LogP contribution >= 0.6 is 11.8 Å². The minimum absolute atomic E-state index is 0.101. The monoisotopic (exact) mass is 1010 g/mol. The van der Waals surface area contributed by atoms with Gasteiger partial charge in [-0.15, -0.1) is 0 Å². The predicted octanol–water partition coefficient (Wildman–Crippen LogP) is 6.71. The van der Waals surface area contributed by atoms with Crippen molar-refractivity contribution in [2.75, 3.05) is 22.9 Å². The van der Waals surface area contributed by atoms with Gasteiger partial charge in [-0.25, -0.2) is 4.79 Å². The van der Waals surface area contributed by atoms with E-state index in [1.807, 2.05) is 123 Å². The lowest BCUT2D eigenvalue weighted by Gasteiger charge is -2.41. The van der Waals surface area contributed by atoms with Crippen LogP contribution in [-0.2, 0) is 49.7 Å². The SMILES string of the molecule is CC[C@](N)(CCCN)C(=O)N1C(C(=O)[C@@H](N)CCc2ccccc2)=C(SC2=C(C(=O)[C@@H](N)CCc3ccccc3)N(C(=O)[C@](N)(CC)CCCN)c3ccccc3C2)Cc2ccccc21.O=C(O)C(F)(F)F. The van der Waals surface area contributed by atoms with Crippen LogP contribution in [0, 0.1) is 0 Å². The van der Waals surface area contributed by atoms with Gasteiger partial charge in [0.15, 0.2) is 11.6 Å². The van der Waals surface area contributed by atoms with Gasteiger partial charge >= 0.3 is 12.1 Å². The number of fused-ring (bicyclic) bond motifs is 2. The number of carbonyl (C=O) groups excluding carboxylic acids is 4. The van der Waals surface area contributed by atoms with Crippen molar-refractivity contribution >= 4 is 52.5 Å². The first-order valence-corrected chi connectivity index (χ1v) is 25.0. The average molecular weight is 1010 g/mol. The van der Waals surface area contributed by atoms with Gasteiger partial charge in [-0.05, 0) is 112 Å². The van der Waals surface area contributed by atoms with E-state index in [0.717, 1.165) is 22.3 Å². The number of benzene rings is 4. The Bertz CT molecular complexity index is 2450. The minimum Gasteiger partial charge on any atom is -0.475 e. The molecule has 0 spiro atoms. The molecular weight excluding hydrogens is 946 g/mol. The Hall–Kier alpha value is -5.99. The average Bonchev–Trinajstić information content (AvgIpc) is 3.39. The van der Waals surface area contributed by atoms with Crippen molar-refractivity contribution < 1.29 is 42.3 Å². The van der Waals surface area contributed by atoms with Gasteiger partial charge in [-0.1, -0.05) is 123 Å². The van der Waals surface area contributed by atoms with Crippen molar-refractivity contribution in [1.82, 2.24) is 0 Å². The summed E-state index contributed by atoms with van der Waals surface area (Å²) in [7, 11) is 0. The smallest absolute Gasteiger partial charge is 0.475 e. The van der Waals surface area contributed by atoms with Gasteiger partial charge in [0, 0.05) is 22.7 Å². The van der Waals surface area contributed by atoms with Gasteiger partial charge in [-0.2, -0.15) is 13.2 Å². The molecule has 0 saturated carbocycles. The molecule has 14 nitrogen and oxygen atoms in total. The van der Waals surface area contributed by atoms with Crippen molar-refractivity contribution in [1.29, 1.82) is 0 Å². The van der Waals surface area contributed by atoms with Crippen LogP contribution in [0.5, 0.6) is 0 Å². The summed E-state index contributed by atoms with van der Waals surface area (Å²) in [4.78, 5) is 73.8. The molecule has 0 saturated heterocycles. The van der Waals surface area contributed by atoms with Crippen LogP contribution in [0.15, 0.2) is 130 Å². The van der Waals surface area contributed by atoms with E-state index < -0.39 is 58.7 Å². The van der Waals surface area contributed by atoms with Crippen molar-refractivity contribution in [2.24, 2.45) is 34.4 Å². The zero-order valence-electron chi connectivity index (χ0n) is 40.8. The highest BCUT2D eigenvalue weighted by molar-refractivity contribution is 8.06. The molecule has 18 heteroatoms. The maximum atomic E-state index is 15.3. The van der Waals surface area contributed by atoms with Crippen LogP contribution in [0.3, 0.4) is 0 Å². The number of carbonyl (C=O) groups is 5. The van der Waals surface area contributed by atoms with E-state index in [0.29, 0.717) is 85.6 Å². The number of aliphatic carboxylic acids is 1. The van der Waals surface area contributed by atoms with Gasteiger partial charge in [0.05, 0.1) is 34.5 Å². The van der Waals surface area contributed by atoms with Crippen molar-refractivity contribution in [3.8, 4) is 0 Å². The molecule has 2 amide bonds. The van der Waals surface area contributed by atoms with Crippen LogP contribution < -0.4 is 44.2 Å². The zero-order chi connectivity index (χ0) is 52.8. The third-order valence-electron chi connectivity index (χ3n) is 13.1. The number of hydrogen-bond donors (Lipinski definition) is 7. The number of nitrogens with zero attached hydrogens (tertiary/aromatic N) is 2. The number of carboxylic acid groups (broad SMARTS) is 1. The first-order valence-electron chi connectivity index (χ1n) is 24.2. The number of carboxylic acids is 1. The molecule has 386 valence electrons. The van der Waals surface area contributed by atoms with E-state index in [4.69, 9.17) is 44.3 Å². The third kappa shape index (κ3) is 13.7. The standard InChI is InChI=1S/C52H66N8O4S.C2HF3O2/c1-3-51(57,29-15-31-53)49(63)59-41-23-13-11-21-37(41)33-43(45(59)47(61)39(55)27-25-35-17-7-5-8-18-35)65-44-34-38-22-12-14-24-42(38)60(50(64)52(58,4-2)30-16-32-54)46(44)48(62)40(56)28-26-36-19-9-6-10-20-36;3-2(4,5)1(6)7/h5-14,17-24,39-40H,3-4,15-16,25-34,53-58H2,1-2H3;(H,6,7)/t39-,40-,51-,52-;/m0./s1. The summed E-state index contributed by atoms with van der Waals surface area (Å²) < 4.78 is 31.7. The third-order valence-corrected chi connectivity index (χ3v) is 14.3. The Labute approximate surface area is 423 Å². The van der Waals surface area contributed by atoms with E-state index in [-0.39, 0.29) is 37.1 Å². The van der Waals surface area contributed by atoms with Crippen LogP contribution in [0.1, 0.15) is 87.5 Å². The van der Waals surface area contributed by atoms with Crippen molar-refractivity contribution in [3.63, 3.8) is 0 Å².